The molecule has 13 rings (SSSR count). The molecule has 10 aromatic carbocycles. The molecule has 3 aromatic heterocycles. The fourth-order valence-electron chi connectivity index (χ4n) is 9.56. The summed E-state index contributed by atoms with van der Waals surface area (Å²) in [6.07, 6.45) is 0. The Balaban J connectivity index is 1.07. The summed E-state index contributed by atoms with van der Waals surface area (Å²) in [6, 6.07) is 70.8. The number of anilines is 3. The molecule has 4 heteroatoms. The van der Waals surface area contributed by atoms with Crippen LogP contribution in [0, 0.1) is 0 Å². The number of nitrogens with zero attached hydrogens (tertiary/aromatic N) is 2. The molecule has 3 nitrogen and oxygen atoms in total. The maximum absolute atomic E-state index is 6.69. The Bertz CT molecular complexity index is 3810. The van der Waals surface area contributed by atoms with Crippen molar-refractivity contribution >= 4 is 125 Å². The van der Waals surface area contributed by atoms with Gasteiger partial charge in [-0.3, -0.25) is 0 Å². The molecule has 0 radical (unpaired) electrons. The van der Waals surface area contributed by atoms with E-state index in [0.717, 1.165) is 44.7 Å². The smallest absolute Gasteiger partial charge is 0.136 e. The number of thiophene rings is 1. The Kier molecular flexibility index (Phi) is 6.60. The second-order valence-electron chi connectivity index (χ2n) is 15.3. The predicted molar refractivity (Wildman–Crippen MR) is 248 cm³/mol. The fourth-order valence-corrected chi connectivity index (χ4v) is 10.6. The minimum absolute atomic E-state index is 0.878. The van der Waals surface area contributed by atoms with Crippen LogP contribution < -0.4 is 4.90 Å². The molecule has 0 aliphatic rings. The first-order valence-corrected chi connectivity index (χ1v) is 20.6. The maximum atomic E-state index is 6.69. The molecule has 0 N–H and O–H groups in total. The van der Waals surface area contributed by atoms with Crippen LogP contribution in [0.1, 0.15) is 0 Å². The Morgan fingerprint density at radius 3 is 1.60 bits per heavy atom. The van der Waals surface area contributed by atoms with Gasteiger partial charge >= 0.3 is 0 Å². The van der Waals surface area contributed by atoms with Crippen molar-refractivity contribution in [3.8, 4) is 5.69 Å². The standard InChI is InChI=1S/C54H32N2OS/c1-2-12-33(13-3-1)56-49-20-10-8-18-41(49)45-28-34(22-25-50(45)56)55(36-24-27-54-48(30-36)42-19-9-11-21-53(42)58-54)35-23-26-51-46(29-35)47-31-43-39-16-6-4-14-37(39)38-15-5-7-17-40(38)44(43)32-52(47)57-51/h1-32H. The number of hydrogen-bond donors (Lipinski definition) is 0. The number of aromatic nitrogens is 1. The van der Waals surface area contributed by atoms with Gasteiger partial charge in [0, 0.05) is 64.5 Å². The van der Waals surface area contributed by atoms with Crippen LogP contribution in [-0.2, 0) is 0 Å². The van der Waals surface area contributed by atoms with Crippen LogP contribution in [0.5, 0.6) is 0 Å². The van der Waals surface area contributed by atoms with Crippen LogP contribution in [0.15, 0.2) is 199 Å². The van der Waals surface area contributed by atoms with Crippen molar-refractivity contribution in [2.45, 2.75) is 0 Å². The summed E-state index contributed by atoms with van der Waals surface area (Å²) in [5.74, 6) is 0. The maximum Gasteiger partial charge on any atom is 0.136 e. The van der Waals surface area contributed by atoms with E-state index in [1.54, 1.807) is 0 Å². The van der Waals surface area contributed by atoms with E-state index in [2.05, 4.69) is 204 Å². The van der Waals surface area contributed by atoms with E-state index in [9.17, 15) is 0 Å². The van der Waals surface area contributed by atoms with E-state index in [-0.39, 0.29) is 0 Å². The summed E-state index contributed by atoms with van der Waals surface area (Å²) in [7, 11) is 0. The summed E-state index contributed by atoms with van der Waals surface area (Å²) in [5, 5.41) is 14.7. The Labute approximate surface area is 336 Å². The summed E-state index contributed by atoms with van der Waals surface area (Å²) < 4.78 is 11.7. The zero-order valence-electron chi connectivity index (χ0n) is 31.2. The molecule has 0 saturated heterocycles. The van der Waals surface area contributed by atoms with Crippen molar-refractivity contribution in [2.24, 2.45) is 0 Å². The molecular formula is C54H32N2OS. The third-order valence-electron chi connectivity index (χ3n) is 12.1. The van der Waals surface area contributed by atoms with Crippen molar-refractivity contribution in [3.63, 3.8) is 0 Å². The topological polar surface area (TPSA) is 21.3 Å². The van der Waals surface area contributed by atoms with Gasteiger partial charge in [0.1, 0.15) is 11.2 Å². The Hall–Kier alpha value is -7.40. The first kappa shape index (κ1) is 31.8. The van der Waals surface area contributed by atoms with Crippen LogP contribution in [0.25, 0.3) is 102 Å². The SMILES string of the molecule is c1ccc(-n2c3ccccc3c3cc(N(c4ccc5oc6cc7c8ccccc8c8ccccc8c7cc6c5c4)c4ccc5sc6ccccc6c5c4)ccc32)cc1. The monoisotopic (exact) mass is 756 g/mol. The van der Waals surface area contributed by atoms with Crippen LogP contribution in [0.3, 0.4) is 0 Å². The summed E-state index contributed by atoms with van der Waals surface area (Å²) in [4.78, 5) is 2.42. The number of fused-ring (bicyclic) bond motifs is 15. The minimum Gasteiger partial charge on any atom is -0.456 e. The van der Waals surface area contributed by atoms with Crippen LogP contribution in [-0.4, -0.2) is 4.57 Å². The second kappa shape index (κ2) is 12.1. The van der Waals surface area contributed by atoms with Gasteiger partial charge in [-0.05, 0) is 123 Å². The van der Waals surface area contributed by atoms with Gasteiger partial charge in [0.05, 0.1) is 11.0 Å². The Morgan fingerprint density at radius 2 is 0.845 bits per heavy atom. The predicted octanol–water partition coefficient (Wildman–Crippen LogP) is 16.0. The largest absolute Gasteiger partial charge is 0.456 e. The van der Waals surface area contributed by atoms with Crippen molar-refractivity contribution in [1.82, 2.24) is 4.57 Å². The van der Waals surface area contributed by atoms with Gasteiger partial charge in [-0.25, -0.2) is 0 Å². The molecule has 0 aliphatic heterocycles. The van der Waals surface area contributed by atoms with Gasteiger partial charge in [0.2, 0.25) is 0 Å². The van der Waals surface area contributed by atoms with E-state index < -0.39 is 0 Å². The average molecular weight is 757 g/mol. The van der Waals surface area contributed by atoms with Crippen molar-refractivity contribution < 1.29 is 4.42 Å². The zero-order valence-corrected chi connectivity index (χ0v) is 32.0. The van der Waals surface area contributed by atoms with E-state index in [1.807, 2.05) is 11.3 Å². The molecule has 0 bridgehead atoms. The first-order chi connectivity index (χ1) is 28.7. The highest BCUT2D eigenvalue weighted by Crippen LogP contribution is 2.45. The van der Waals surface area contributed by atoms with Crippen molar-refractivity contribution in [2.75, 3.05) is 4.90 Å². The summed E-state index contributed by atoms with van der Waals surface area (Å²) in [6.45, 7) is 0. The minimum atomic E-state index is 0.878. The summed E-state index contributed by atoms with van der Waals surface area (Å²) in [5.41, 5.74) is 8.57. The van der Waals surface area contributed by atoms with Gasteiger partial charge in [-0.15, -0.1) is 11.3 Å². The molecule has 13 aromatic rings. The highest BCUT2D eigenvalue weighted by atomic mass is 32.1. The highest BCUT2D eigenvalue weighted by molar-refractivity contribution is 7.25. The van der Waals surface area contributed by atoms with Crippen LogP contribution in [0.2, 0.25) is 0 Å². The quantitative estimate of drug-likeness (QED) is 0.167. The van der Waals surface area contributed by atoms with Gasteiger partial charge in [0.25, 0.3) is 0 Å². The fraction of sp³-hybridized carbons (Fsp3) is 0. The molecule has 0 spiro atoms. The second-order valence-corrected chi connectivity index (χ2v) is 16.4. The van der Waals surface area contributed by atoms with E-state index in [4.69, 9.17) is 4.42 Å². The summed E-state index contributed by atoms with van der Waals surface area (Å²) >= 11 is 1.85. The lowest BCUT2D eigenvalue weighted by Gasteiger charge is -2.26. The van der Waals surface area contributed by atoms with E-state index in [1.165, 1.54) is 74.3 Å². The molecule has 0 aliphatic carbocycles. The zero-order chi connectivity index (χ0) is 37.9. The number of benzene rings is 10. The highest BCUT2D eigenvalue weighted by Gasteiger charge is 2.21. The third kappa shape index (κ3) is 4.55. The molecule has 0 atom stereocenters. The molecule has 58 heavy (non-hydrogen) atoms. The van der Waals surface area contributed by atoms with E-state index >= 15 is 0 Å². The molecule has 0 unspecified atom stereocenters. The lowest BCUT2D eigenvalue weighted by molar-refractivity contribution is 0.669. The average Bonchev–Trinajstić information content (AvgIpc) is 3.95. The number of hydrogen-bond acceptors (Lipinski definition) is 3. The molecule has 0 amide bonds. The van der Waals surface area contributed by atoms with Crippen molar-refractivity contribution in [3.05, 3.63) is 194 Å². The molecule has 3 heterocycles. The lowest BCUT2D eigenvalue weighted by atomic mass is 9.93. The number of para-hydroxylation sites is 2. The Morgan fingerprint density at radius 1 is 0.328 bits per heavy atom. The molecule has 0 saturated carbocycles. The van der Waals surface area contributed by atoms with Gasteiger partial charge in [0.15, 0.2) is 0 Å². The van der Waals surface area contributed by atoms with Crippen LogP contribution in [0.4, 0.5) is 17.1 Å². The lowest BCUT2D eigenvalue weighted by Crippen LogP contribution is -2.09. The first-order valence-electron chi connectivity index (χ1n) is 19.7. The molecular weight excluding hydrogens is 725 g/mol. The van der Waals surface area contributed by atoms with E-state index in [0.29, 0.717) is 0 Å². The van der Waals surface area contributed by atoms with Crippen LogP contribution >= 0.6 is 11.3 Å². The van der Waals surface area contributed by atoms with Gasteiger partial charge in [-0.2, -0.15) is 0 Å². The molecule has 270 valence electrons. The van der Waals surface area contributed by atoms with Crippen molar-refractivity contribution in [1.29, 1.82) is 0 Å². The number of furan rings is 1. The van der Waals surface area contributed by atoms with Gasteiger partial charge < -0.3 is 13.9 Å². The normalized spacial score (nSPS) is 12.1. The van der Waals surface area contributed by atoms with Gasteiger partial charge in [-0.1, -0.05) is 103 Å². The molecule has 0 fully saturated rings. The number of rotatable bonds is 4. The third-order valence-corrected chi connectivity index (χ3v) is 13.3.